The number of amides is 1. The summed E-state index contributed by atoms with van der Waals surface area (Å²) in [4.78, 5) is 28.4. The van der Waals surface area contributed by atoms with Crippen LogP contribution < -0.4 is 16.2 Å². The van der Waals surface area contributed by atoms with Crippen molar-refractivity contribution >= 4 is 17.6 Å². The molecule has 0 aliphatic heterocycles. The summed E-state index contributed by atoms with van der Waals surface area (Å²) >= 11 is 0. The molecule has 1 amide bonds. The van der Waals surface area contributed by atoms with Gasteiger partial charge < -0.3 is 16.2 Å². The van der Waals surface area contributed by atoms with Crippen LogP contribution in [0.4, 0.5) is 5.82 Å². The number of aromatic nitrogens is 3. The van der Waals surface area contributed by atoms with E-state index in [4.69, 9.17) is 16.2 Å². The Morgan fingerprint density at radius 3 is 2.46 bits per heavy atom. The molecule has 0 spiro atoms. The van der Waals surface area contributed by atoms with E-state index < -0.39 is 5.91 Å². The first kappa shape index (κ1) is 17.0. The van der Waals surface area contributed by atoms with Crippen LogP contribution in [0.15, 0.2) is 60.0 Å². The van der Waals surface area contributed by atoms with Crippen LogP contribution in [0.2, 0.25) is 0 Å². The Balaban J connectivity index is 1.94. The number of hydrogen-bond donors (Lipinski definition) is 2. The first-order valence-electron chi connectivity index (χ1n) is 7.64. The van der Waals surface area contributed by atoms with Gasteiger partial charge in [-0.3, -0.25) is 9.78 Å². The van der Waals surface area contributed by atoms with Gasteiger partial charge in [0.05, 0.1) is 19.0 Å². The van der Waals surface area contributed by atoms with Crippen LogP contribution in [-0.4, -0.2) is 33.8 Å². The normalized spacial score (nSPS) is 11.2. The van der Waals surface area contributed by atoms with Crippen molar-refractivity contribution in [2.45, 2.75) is 0 Å². The lowest BCUT2D eigenvalue weighted by molar-refractivity contribution is 0.100. The zero-order valence-corrected chi connectivity index (χ0v) is 14.0. The number of nitrogen functional groups attached to an aromatic ring is 1. The van der Waals surface area contributed by atoms with Gasteiger partial charge in [-0.1, -0.05) is 0 Å². The Bertz CT molecular complexity index is 955. The summed E-state index contributed by atoms with van der Waals surface area (Å²) in [6.45, 7) is 0. The lowest BCUT2D eigenvalue weighted by Crippen LogP contribution is -2.20. The number of ether oxygens (including phenoxy) is 1. The van der Waals surface area contributed by atoms with E-state index in [0.717, 1.165) is 11.3 Å². The van der Waals surface area contributed by atoms with E-state index in [1.807, 2.05) is 12.1 Å². The highest BCUT2D eigenvalue weighted by Crippen LogP contribution is 2.21. The molecule has 3 rings (SSSR count). The maximum atomic E-state index is 12.2. The number of pyridine rings is 1. The first-order valence-corrected chi connectivity index (χ1v) is 7.64. The highest BCUT2D eigenvalue weighted by Gasteiger charge is 2.13. The number of methoxy groups -OCH3 is 1. The average Bonchev–Trinajstić information content (AvgIpc) is 2.69. The van der Waals surface area contributed by atoms with E-state index in [0.29, 0.717) is 11.3 Å². The van der Waals surface area contributed by atoms with Crippen LogP contribution in [0.3, 0.4) is 0 Å². The van der Waals surface area contributed by atoms with Gasteiger partial charge in [0.25, 0.3) is 5.91 Å². The third-order valence-corrected chi connectivity index (χ3v) is 3.58. The van der Waals surface area contributed by atoms with Crippen molar-refractivity contribution in [1.29, 1.82) is 0 Å². The Labute approximate surface area is 149 Å². The fourth-order valence-electron chi connectivity index (χ4n) is 2.21. The SMILES string of the molecule is COc1ccc(-c2cnc(N)c(C(N)=NC(=O)c3ccncc3)n2)cc1. The van der Waals surface area contributed by atoms with Crippen LogP contribution in [0.1, 0.15) is 16.1 Å². The van der Waals surface area contributed by atoms with Crippen molar-refractivity contribution in [3.8, 4) is 17.0 Å². The number of nitrogens with two attached hydrogens (primary N) is 2. The number of carbonyl (C=O) groups excluding carboxylic acids is 1. The summed E-state index contributed by atoms with van der Waals surface area (Å²) in [5, 5.41) is 0. The fourth-order valence-corrected chi connectivity index (χ4v) is 2.21. The monoisotopic (exact) mass is 348 g/mol. The molecule has 0 radical (unpaired) electrons. The van der Waals surface area contributed by atoms with Gasteiger partial charge in [-0.2, -0.15) is 4.99 Å². The van der Waals surface area contributed by atoms with Crippen molar-refractivity contribution in [2.75, 3.05) is 12.8 Å². The van der Waals surface area contributed by atoms with E-state index in [1.165, 1.54) is 18.6 Å². The van der Waals surface area contributed by atoms with Crippen molar-refractivity contribution in [3.63, 3.8) is 0 Å². The lowest BCUT2D eigenvalue weighted by atomic mass is 10.1. The molecule has 130 valence electrons. The molecule has 0 atom stereocenters. The summed E-state index contributed by atoms with van der Waals surface area (Å²) in [5.74, 6) is 0.195. The first-order chi connectivity index (χ1) is 12.6. The van der Waals surface area contributed by atoms with Gasteiger partial charge >= 0.3 is 0 Å². The number of carbonyl (C=O) groups is 1. The maximum absolute atomic E-state index is 12.2. The second-order valence-electron chi connectivity index (χ2n) is 5.26. The Hall–Kier alpha value is -3.81. The Kier molecular flexibility index (Phi) is 4.84. The summed E-state index contributed by atoms with van der Waals surface area (Å²) in [7, 11) is 1.59. The van der Waals surface area contributed by atoms with Crippen molar-refractivity contribution in [1.82, 2.24) is 15.0 Å². The molecule has 8 nitrogen and oxygen atoms in total. The molecule has 0 saturated carbocycles. The number of benzene rings is 1. The van der Waals surface area contributed by atoms with Gasteiger partial charge in [0, 0.05) is 23.5 Å². The molecule has 0 unspecified atom stereocenters. The number of nitrogens with zero attached hydrogens (tertiary/aromatic N) is 4. The molecule has 4 N–H and O–H groups in total. The van der Waals surface area contributed by atoms with E-state index in [-0.39, 0.29) is 17.3 Å². The summed E-state index contributed by atoms with van der Waals surface area (Å²) < 4.78 is 5.13. The van der Waals surface area contributed by atoms with Crippen molar-refractivity contribution in [2.24, 2.45) is 10.7 Å². The Morgan fingerprint density at radius 1 is 1.12 bits per heavy atom. The zero-order chi connectivity index (χ0) is 18.5. The molecule has 2 heterocycles. The molecule has 8 heteroatoms. The molecule has 0 fully saturated rings. The quantitative estimate of drug-likeness (QED) is 0.542. The predicted octanol–water partition coefficient (Wildman–Crippen LogP) is 1.68. The average molecular weight is 348 g/mol. The number of anilines is 1. The highest BCUT2D eigenvalue weighted by molar-refractivity contribution is 6.09. The number of aliphatic imine (C=N–C) groups is 1. The van der Waals surface area contributed by atoms with Gasteiger partial charge in [0.15, 0.2) is 11.7 Å². The highest BCUT2D eigenvalue weighted by atomic mass is 16.5. The molecule has 0 aliphatic carbocycles. The topological polar surface area (TPSA) is 129 Å². The molecule has 0 saturated heterocycles. The van der Waals surface area contributed by atoms with Crippen LogP contribution in [-0.2, 0) is 0 Å². The van der Waals surface area contributed by atoms with Gasteiger partial charge in [-0.05, 0) is 36.4 Å². The Morgan fingerprint density at radius 2 is 1.81 bits per heavy atom. The van der Waals surface area contributed by atoms with Crippen molar-refractivity contribution < 1.29 is 9.53 Å². The third kappa shape index (κ3) is 3.64. The number of hydrogen-bond acceptors (Lipinski definition) is 6. The van der Waals surface area contributed by atoms with Gasteiger partial charge in [-0.25, -0.2) is 9.97 Å². The van der Waals surface area contributed by atoms with Gasteiger partial charge in [0.1, 0.15) is 11.4 Å². The molecule has 0 bridgehead atoms. The minimum absolute atomic E-state index is 0.0889. The predicted molar refractivity (Wildman–Crippen MR) is 97.7 cm³/mol. The number of rotatable bonds is 4. The largest absolute Gasteiger partial charge is 0.497 e. The fraction of sp³-hybridized carbons (Fsp3) is 0.0556. The molecule has 1 aromatic carbocycles. The smallest absolute Gasteiger partial charge is 0.279 e. The molecular weight excluding hydrogens is 332 g/mol. The van der Waals surface area contributed by atoms with E-state index in [9.17, 15) is 4.79 Å². The summed E-state index contributed by atoms with van der Waals surface area (Å²) in [5.41, 5.74) is 13.7. The molecular formula is C18H16N6O2. The molecule has 0 aliphatic rings. The van der Waals surface area contributed by atoms with Crippen LogP contribution in [0.5, 0.6) is 5.75 Å². The second kappa shape index (κ2) is 7.39. The molecule has 3 aromatic rings. The molecule has 26 heavy (non-hydrogen) atoms. The minimum Gasteiger partial charge on any atom is -0.497 e. The standard InChI is InChI=1S/C18H16N6O2/c1-26-13-4-2-11(3-5-13)14-10-22-16(19)15(23-14)17(20)24-18(25)12-6-8-21-9-7-12/h2-10H,1H3,(H2,19,22)(H2,20,24,25). The summed E-state index contributed by atoms with van der Waals surface area (Å²) in [6.07, 6.45) is 4.52. The molecule has 2 aromatic heterocycles. The van der Waals surface area contributed by atoms with E-state index >= 15 is 0 Å². The van der Waals surface area contributed by atoms with Gasteiger partial charge in [0.2, 0.25) is 0 Å². The van der Waals surface area contributed by atoms with Gasteiger partial charge in [-0.15, -0.1) is 0 Å². The van der Waals surface area contributed by atoms with Crippen LogP contribution in [0, 0.1) is 0 Å². The van der Waals surface area contributed by atoms with Crippen molar-refractivity contribution in [3.05, 3.63) is 66.2 Å². The van der Waals surface area contributed by atoms with Crippen LogP contribution in [0.25, 0.3) is 11.3 Å². The maximum Gasteiger partial charge on any atom is 0.279 e. The lowest BCUT2D eigenvalue weighted by Gasteiger charge is -2.07. The second-order valence-corrected chi connectivity index (χ2v) is 5.26. The zero-order valence-electron chi connectivity index (χ0n) is 14.0. The number of amidine groups is 1. The summed E-state index contributed by atoms with van der Waals surface area (Å²) in [6, 6.07) is 10.4. The van der Waals surface area contributed by atoms with Crippen LogP contribution >= 0.6 is 0 Å². The minimum atomic E-state index is -0.513. The third-order valence-electron chi connectivity index (χ3n) is 3.58. The van der Waals surface area contributed by atoms with E-state index in [1.54, 1.807) is 31.4 Å². The van der Waals surface area contributed by atoms with E-state index in [2.05, 4.69) is 19.9 Å².